The van der Waals surface area contributed by atoms with E-state index in [1.54, 1.807) is 0 Å². The molecular weight excluding hydrogens is 240 g/mol. The number of carbonyl (C=O) groups excluding carboxylic acids is 1. The van der Waals surface area contributed by atoms with Crippen molar-refractivity contribution in [3.63, 3.8) is 0 Å². The number of carbonyl (C=O) groups is 1. The number of H-pyrrole nitrogens is 1. The van der Waals surface area contributed by atoms with Crippen LogP contribution in [0.1, 0.15) is 25.3 Å². The summed E-state index contributed by atoms with van der Waals surface area (Å²) in [5.74, 6) is 0.0335. The molecule has 0 fully saturated rings. The number of amides is 1. The highest BCUT2D eigenvalue weighted by molar-refractivity contribution is 5.84. The molecule has 2 rings (SSSR count). The summed E-state index contributed by atoms with van der Waals surface area (Å²) in [6.45, 7) is 2.00. The summed E-state index contributed by atoms with van der Waals surface area (Å²) < 4.78 is 0. The fourth-order valence-electron chi connectivity index (χ4n) is 2.20. The molecule has 3 N–H and O–H groups in total. The van der Waals surface area contributed by atoms with Crippen LogP contribution in [0.15, 0.2) is 30.5 Å². The maximum atomic E-state index is 11.8. The average molecular weight is 260 g/mol. The molecule has 0 aliphatic rings. The van der Waals surface area contributed by atoms with E-state index in [4.69, 9.17) is 5.11 Å². The van der Waals surface area contributed by atoms with Crippen LogP contribution in [0.4, 0.5) is 0 Å². The number of hydrogen-bond donors (Lipinski definition) is 3. The van der Waals surface area contributed by atoms with Crippen molar-refractivity contribution in [1.82, 2.24) is 10.3 Å². The minimum atomic E-state index is 0.0282. The third kappa shape index (κ3) is 3.58. The SMILES string of the molecule is CC(CCO)NC(=O)CCc1c[nH]c2ccccc12. The van der Waals surface area contributed by atoms with Crippen molar-refractivity contribution in [2.24, 2.45) is 0 Å². The number of benzene rings is 1. The van der Waals surface area contributed by atoms with Gasteiger partial charge in [-0.2, -0.15) is 0 Å². The van der Waals surface area contributed by atoms with Crippen LogP contribution in [-0.2, 0) is 11.2 Å². The molecule has 0 radical (unpaired) electrons. The summed E-state index contributed by atoms with van der Waals surface area (Å²) in [5, 5.41) is 12.9. The van der Waals surface area contributed by atoms with Crippen LogP contribution in [0.2, 0.25) is 0 Å². The minimum Gasteiger partial charge on any atom is -0.396 e. The minimum absolute atomic E-state index is 0.0282. The van der Waals surface area contributed by atoms with Crippen molar-refractivity contribution < 1.29 is 9.90 Å². The maximum absolute atomic E-state index is 11.8. The molecule has 0 saturated carbocycles. The lowest BCUT2D eigenvalue weighted by atomic mass is 10.1. The van der Waals surface area contributed by atoms with Crippen LogP contribution < -0.4 is 5.32 Å². The summed E-state index contributed by atoms with van der Waals surface area (Å²) in [4.78, 5) is 15.0. The molecule has 2 aromatic rings. The van der Waals surface area contributed by atoms with E-state index in [1.165, 1.54) is 10.9 Å². The molecule has 0 saturated heterocycles. The number of aromatic nitrogens is 1. The van der Waals surface area contributed by atoms with Crippen molar-refractivity contribution in [3.8, 4) is 0 Å². The number of aryl methyl sites for hydroxylation is 1. The van der Waals surface area contributed by atoms with Gasteiger partial charge in [0.15, 0.2) is 0 Å². The van der Waals surface area contributed by atoms with E-state index in [0.29, 0.717) is 12.8 Å². The zero-order valence-corrected chi connectivity index (χ0v) is 11.1. The lowest BCUT2D eigenvalue weighted by molar-refractivity contribution is -0.121. The number of fused-ring (bicyclic) bond motifs is 1. The average Bonchev–Trinajstić information content (AvgIpc) is 2.80. The summed E-state index contributed by atoms with van der Waals surface area (Å²) in [7, 11) is 0. The number of aliphatic hydroxyl groups is 1. The van der Waals surface area contributed by atoms with E-state index in [2.05, 4.69) is 16.4 Å². The first-order valence-corrected chi connectivity index (χ1v) is 6.66. The van der Waals surface area contributed by atoms with Gasteiger partial charge in [0.05, 0.1) is 0 Å². The fraction of sp³-hybridized carbons (Fsp3) is 0.400. The second kappa shape index (κ2) is 6.38. The Labute approximate surface area is 112 Å². The Bertz CT molecular complexity index is 548. The number of rotatable bonds is 6. The van der Waals surface area contributed by atoms with E-state index < -0.39 is 0 Å². The molecule has 1 atom stereocenters. The standard InChI is InChI=1S/C15H20N2O2/c1-11(8-9-18)17-15(19)7-6-12-10-16-14-5-3-2-4-13(12)14/h2-5,10-11,16,18H,6-9H2,1H3,(H,17,19). The van der Waals surface area contributed by atoms with Gasteiger partial charge in [0, 0.05) is 36.2 Å². The van der Waals surface area contributed by atoms with Gasteiger partial charge >= 0.3 is 0 Å². The third-order valence-electron chi connectivity index (χ3n) is 3.27. The molecular formula is C15H20N2O2. The Kier molecular flexibility index (Phi) is 4.58. The molecule has 1 aromatic carbocycles. The smallest absolute Gasteiger partial charge is 0.220 e. The monoisotopic (exact) mass is 260 g/mol. The van der Waals surface area contributed by atoms with Gasteiger partial charge in [0.2, 0.25) is 5.91 Å². The highest BCUT2D eigenvalue weighted by Crippen LogP contribution is 2.18. The second-order valence-corrected chi connectivity index (χ2v) is 4.84. The summed E-state index contributed by atoms with van der Waals surface area (Å²) in [5.41, 5.74) is 2.27. The molecule has 1 heterocycles. The predicted molar refractivity (Wildman–Crippen MR) is 75.9 cm³/mol. The number of hydrogen-bond acceptors (Lipinski definition) is 2. The molecule has 1 amide bonds. The first kappa shape index (κ1) is 13.6. The van der Waals surface area contributed by atoms with E-state index in [1.807, 2.05) is 31.3 Å². The molecule has 4 nitrogen and oxygen atoms in total. The van der Waals surface area contributed by atoms with Crippen molar-refractivity contribution >= 4 is 16.8 Å². The van der Waals surface area contributed by atoms with Gasteiger partial charge in [-0.1, -0.05) is 18.2 Å². The lowest BCUT2D eigenvalue weighted by Gasteiger charge is -2.12. The summed E-state index contributed by atoms with van der Waals surface area (Å²) >= 11 is 0. The van der Waals surface area contributed by atoms with Crippen LogP contribution in [0.3, 0.4) is 0 Å². The topological polar surface area (TPSA) is 65.1 Å². The predicted octanol–water partition coefficient (Wildman–Crippen LogP) is 1.99. The quantitative estimate of drug-likeness (QED) is 0.743. The molecule has 0 aliphatic carbocycles. The molecule has 0 spiro atoms. The first-order chi connectivity index (χ1) is 9.20. The number of aromatic amines is 1. The molecule has 102 valence electrons. The van der Waals surface area contributed by atoms with Crippen LogP contribution in [0, 0.1) is 0 Å². The summed E-state index contributed by atoms with van der Waals surface area (Å²) in [6, 6.07) is 8.12. The highest BCUT2D eigenvalue weighted by Gasteiger charge is 2.09. The van der Waals surface area contributed by atoms with Crippen LogP contribution in [0.5, 0.6) is 0 Å². The van der Waals surface area contributed by atoms with Crippen molar-refractivity contribution in [2.75, 3.05) is 6.61 Å². The van der Waals surface area contributed by atoms with Crippen molar-refractivity contribution in [2.45, 2.75) is 32.2 Å². The summed E-state index contributed by atoms with van der Waals surface area (Å²) in [6.07, 6.45) is 3.76. The Morgan fingerprint density at radius 1 is 1.42 bits per heavy atom. The van der Waals surface area contributed by atoms with Crippen LogP contribution >= 0.6 is 0 Å². The normalized spacial score (nSPS) is 12.5. The number of para-hydroxylation sites is 1. The number of nitrogens with one attached hydrogen (secondary N) is 2. The van der Waals surface area contributed by atoms with Crippen molar-refractivity contribution in [1.29, 1.82) is 0 Å². The van der Waals surface area contributed by atoms with Gasteiger partial charge in [-0.15, -0.1) is 0 Å². The molecule has 4 heteroatoms. The molecule has 0 aliphatic heterocycles. The largest absolute Gasteiger partial charge is 0.396 e. The van der Waals surface area contributed by atoms with Crippen molar-refractivity contribution in [3.05, 3.63) is 36.0 Å². The first-order valence-electron chi connectivity index (χ1n) is 6.66. The molecule has 0 bridgehead atoms. The fourth-order valence-corrected chi connectivity index (χ4v) is 2.20. The lowest BCUT2D eigenvalue weighted by Crippen LogP contribution is -2.33. The molecule has 1 unspecified atom stereocenters. The Morgan fingerprint density at radius 2 is 2.21 bits per heavy atom. The second-order valence-electron chi connectivity index (χ2n) is 4.84. The highest BCUT2D eigenvalue weighted by atomic mass is 16.3. The Balaban J connectivity index is 1.90. The van der Waals surface area contributed by atoms with Gasteiger partial charge in [-0.3, -0.25) is 4.79 Å². The zero-order valence-electron chi connectivity index (χ0n) is 11.1. The molecule has 1 aromatic heterocycles. The van der Waals surface area contributed by atoms with Gasteiger partial charge in [0.25, 0.3) is 0 Å². The van der Waals surface area contributed by atoms with Gasteiger partial charge in [-0.05, 0) is 31.4 Å². The maximum Gasteiger partial charge on any atom is 0.220 e. The van der Waals surface area contributed by atoms with E-state index in [9.17, 15) is 4.79 Å². The molecule has 19 heavy (non-hydrogen) atoms. The van der Waals surface area contributed by atoms with E-state index in [-0.39, 0.29) is 18.6 Å². The van der Waals surface area contributed by atoms with Crippen LogP contribution in [-0.4, -0.2) is 28.6 Å². The Morgan fingerprint density at radius 3 is 3.00 bits per heavy atom. The zero-order chi connectivity index (χ0) is 13.7. The van der Waals surface area contributed by atoms with E-state index in [0.717, 1.165) is 11.9 Å². The van der Waals surface area contributed by atoms with Crippen LogP contribution in [0.25, 0.3) is 10.9 Å². The third-order valence-corrected chi connectivity index (χ3v) is 3.27. The van der Waals surface area contributed by atoms with Gasteiger partial charge < -0.3 is 15.4 Å². The van der Waals surface area contributed by atoms with Gasteiger partial charge in [-0.25, -0.2) is 0 Å². The van der Waals surface area contributed by atoms with Gasteiger partial charge in [0.1, 0.15) is 0 Å². The Hall–Kier alpha value is -1.81. The van der Waals surface area contributed by atoms with E-state index >= 15 is 0 Å². The number of aliphatic hydroxyl groups excluding tert-OH is 1.